The molecule has 0 amide bonds. The predicted molar refractivity (Wildman–Crippen MR) is 68.1 cm³/mol. The Labute approximate surface area is 107 Å². The molecular weight excluding hydrogens is 252 g/mol. The molecule has 1 aromatic rings. The molecule has 1 rings (SSSR count). The Hall–Kier alpha value is -1.42. The molecule has 0 aliphatic heterocycles. The summed E-state index contributed by atoms with van der Waals surface area (Å²) >= 11 is 0. The van der Waals surface area contributed by atoms with Crippen molar-refractivity contribution < 1.29 is 13.5 Å². The van der Waals surface area contributed by atoms with E-state index in [2.05, 4.69) is 4.72 Å². The van der Waals surface area contributed by atoms with Gasteiger partial charge >= 0.3 is 0 Å². The average molecular weight is 268 g/mol. The van der Waals surface area contributed by atoms with Crippen LogP contribution in [-0.2, 0) is 15.8 Å². The highest BCUT2D eigenvalue weighted by molar-refractivity contribution is 7.88. The first-order chi connectivity index (χ1) is 8.44. The maximum absolute atomic E-state index is 11.7. The van der Waals surface area contributed by atoms with E-state index in [9.17, 15) is 8.42 Å². The van der Waals surface area contributed by atoms with E-state index >= 15 is 0 Å². The number of rotatable bonds is 6. The number of nitrogens with zero attached hydrogens (tertiary/aromatic N) is 1. The highest BCUT2D eigenvalue weighted by Gasteiger charge is 2.13. The predicted octanol–water partition coefficient (Wildman–Crippen LogP) is 0.749. The lowest BCUT2D eigenvalue weighted by molar-refractivity contribution is 0.186. The molecule has 1 unspecified atom stereocenters. The van der Waals surface area contributed by atoms with Gasteiger partial charge in [0.15, 0.2) is 0 Å². The van der Waals surface area contributed by atoms with Crippen LogP contribution in [0, 0.1) is 11.3 Å². The second-order valence-electron chi connectivity index (χ2n) is 4.06. The minimum absolute atomic E-state index is 0.189. The monoisotopic (exact) mass is 268 g/mol. The zero-order valence-corrected chi connectivity index (χ0v) is 10.9. The maximum atomic E-state index is 11.7. The van der Waals surface area contributed by atoms with Gasteiger partial charge in [-0.25, -0.2) is 13.1 Å². The number of aliphatic hydroxyl groups excluding tert-OH is 1. The van der Waals surface area contributed by atoms with Gasteiger partial charge in [0.25, 0.3) is 0 Å². The summed E-state index contributed by atoms with van der Waals surface area (Å²) in [6.45, 7) is 1.79. The Morgan fingerprint density at radius 3 is 2.72 bits per heavy atom. The Kier molecular flexibility index (Phi) is 5.28. The zero-order valence-electron chi connectivity index (χ0n) is 10.1. The molecule has 98 valence electrons. The molecule has 0 aliphatic carbocycles. The quantitative estimate of drug-likeness (QED) is 0.796. The minimum Gasteiger partial charge on any atom is -0.393 e. The summed E-state index contributed by atoms with van der Waals surface area (Å²) in [4.78, 5) is 0. The summed E-state index contributed by atoms with van der Waals surface area (Å²) in [5, 5.41) is 17.9. The smallest absolute Gasteiger partial charge is 0.215 e. The van der Waals surface area contributed by atoms with Gasteiger partial charge in [-0.15, -0.1) is 0 Å². The molecule has 2 N–H and O–H groups in total. The number of hydrogen-bond acceptors (Lipinski definition) is 4. The molecule has 0 aliphatic rings. The molecule has 18 heavy (non-hydrogen) atoms. The van der Waals surface area contributed by atoms with Gasteiger partial charge in [0.1, 0.15) is 0 Å². The molecule has 0 radical (unpaired) electrons. The zero-order chi connectivity index (χ0) is 13.6. The maximum Gasteiger partial charge on any atom is 0.215 e. The first-order valence-electron chi connectivity index (χ1n) is 5.58. The fourth-order valence-electron chi connectivity index (χ4n) is 1.43. The summed E-state index contributed by atoms with van der Waals surface area (Å²) in [6.07, 6.45) is -0.182. The molecule has 1 atom stereocenters. The molecule has 0 spiro atoms. The van der Waals surface area contributed by atoms with E-state index in [4.69, 9.17) is 10.4 Å². The van der Waals surface area contributed by atoms with E-state index in [1.54, 1.807) is 31.2 Å². The fraction of sp³-hybridized carbons (Fsp3) is 0.417. The van der Waals surface area contributed by atoms with E-state index in [0.29, 0.717) is 17.5 Å². The summed E-state index contributed by atoms with van der Waals surface area (Å²) in [6, 6.07) is 8.55. The van der Waals surface area contributed by atoms with Gasteiger partial charge in [0.2, 0.25) is 10.0 Å². The van der Waals surface area contributed by atoms with Crippen LogP contribution in [0.4, 0.5) is 0 Å². The van der Waals surface area contributed by atoms with Crippen molar-refractivity contribution in [2.45, 2.75) is 25.2 Å². The van der Waals surface area contributed by atoms with Crippen LogP contribution in [-0.4, -0.2) is 26.2 Å². The number of sulfonamides is 1. The SMILES string of the molecule is CC(O)CCNS(=O)(=O)Cc1ccccc1C#N. The lowest BCUT2D eigenvalue weighted by atomic mass is 10.1. The minimum atomic E-state index is -3.48. The second-order valence-corrected chi connectivity index (χ2v) is 5.87. The summed E-state index contributed by atoms with van der Waals surface area (Å²) in [5.41, 5.74) is 0.836. The van der Waals surface area contributed by atoms with Crippen molar-refractivity contribution in [3.8, 4) is 6.07 Å². The summed E-state index contributed by atoms with van der Waals surface area (Å²) < 4.78 is 25.9. The molecule has 0 aromatic heterocycles. The van der Waals surface area contributed by atoms with E-state index in [0.717, 1.165) is 0 Å². The number of nitrogens with one attached hydrogen (secondary N) is 1. The van der Waals surface area contributed by atoms with Crippen LogP contribution in [0.1, 0.15) is 24.5 Å². The molecule has 5 nitrogen and oxygen atoms in total. The normalized spacial score (nSPS) is 12.9. The molecular formula is C12H16N2O3S. The summed E-state index contributed by atoms with van der Waals surface area (Å²) in [5.74, 6) is -0.226. The highest BCUT2D eigenvalue weighted by Crippen LogP contribution is 2.10. The lowest BCUT2D eigenvalue weighted by Gasteiger charge is -2.08. The van der Waals surface area contributed by atoms with Crippen molar-refractivity contribution in [3.63, 3.8) is 0 Å². The lowest BCUT2D eigenvalue weighted by Crippen LogP contribution is -2.28. The van der Waals surface area contributed by atoms with Crippen molar-refractivity contribution in [3.05, 3.63) is 35.4 Å². The Morgan fingerprint density at radius 1 is 1.44 bits per heavy atom. The molecule has 0 heterocycles. The van der Waals surface area contributed by atoms with Crippen LogP contribution >= 0.6 is 0 Å². The first-order valence-corrected chi connectivity index (χ1v) is 7.23. The Morgan fingerprint density at radius 2 is 2.11 bits per heavy atom. The fourth-order valence-corrected chi connectivity index (χ4v) is 2.63. The molecule has 6 heteroatoms. The van der Waals surface area contributed by atoms with Gasteiger partial charge in [-0.05, 0) is 25.0 Å². The largest absolute Gasteiger partial charge is 0.393 e. The standard InChI is InChI=1S/C12H16N2O3S/c1-10(15)6-7-14-18(16,17)9-12-5-3-2-4-11(12)8-13/h2-5,10,14-15H,6-7,9H2,1H3. The molecule has 0 fully saturated rings. The van der Waals surface area contributed by atoms with Crippen LogP contribution in [0.2, 0.25) is 0 Å². The van der Waals surface area contributed by atoms with Gasteiger partial charge in [-0.2, -0.15) is 5.26 Å². The van der Waals surface area contributed by atoms with Crippen molar-refractivity contribution in [2.75, 3.05) is 6.54 Å². The van der Waals surface area contributed by atoms with Gasteiger partial charge in [-0.3, -0.25) is 0 Å². The Bertz CT molecular complexity index is 532. The Balaban J connectivity index is 2.68. The number of aliphatic hydroxyl groups is 1. The van der Waals surface area contributed by atoms with Gasteiger partial charge < -0.3 is 5.11 Å². The molecule has 0 saturated heterocycles. The van der Waals surface area contributed by atoms with Gasteiger partial charge in [0.05, 0.1) is 23.5 Å². The van der Waals surface area contributed by atoms with Crippen molar-refractivity contribution in [1.29, 1.82) is 5.26 Å². The van der Waals surface area contributed by atoms with Crippen LogP contribution in [0.15, 0.2) is 24.3 Å². The number of nitriles is 1. The third kappa shape index (κ3) is 4.84. The third-order valence-electron chi connectivity index (χ3n) is 2.37. The van der Waals surface area contributed by atoms with Crippen molar-refractivity contribution in [1.82, 2.24) is 4.72 Å². The summed E-state index contributed by atoms with van der Waals surface area (Å²) in [7, 11) is -3.48. The molecule has 0 bridgehead atoms. The van der Waals surface area contributed by atoms with E-state index in [1.807, 2.05) is 6.07 Å². The van der Waals surface area contributed by atoms with Gasteiger partial charge in [-0.1, -0.05) is 18.2 Å². The molecule has 1 aromatic carbocycles. The third-order valence-corrected chi connectivity index (χ3v) is 3.70. The van der Waals surface area contributed by atoms with Crippen LogP contribution < -0.4 is 4.72 Å². The highest BCUT2D eigenvalue weighted by atomic mass is 32.2. The average Bonchev–Trinajstić information content (AvgIpc) is 2.28. The number of hydrogen-bond donors (Lipinski definition) is 2. The van der Waals surface area contributed by atoms with Crippen LogP contribution in [0.25, 0.3) is 0 Å². The topological polar surface area (TPSA) is 90.2 Å². The number of benzene rings is 1. The first kappa shape index (κ1) is 14.6. The van der Waals surface area contributed by atoms with E-state index in [-0.39, 0.29) is 12.3 Å². The second kappa shape index (κ2) is 6.50. The van der Waals surface area contributed by atoms with Gasteiger partial charge in [0, 0.05) is 6.54 Å². The van der Waals surface area contributed by atoms with Crippen molar-refractivity contribution in [2.24, 2.45) is 0 Å². The molecule has 0 saturated carbocycles. The van der Waals surface area contributed by atoms with E-state index in [1.165, 1.54) is 0 Å². The van der Waals surface area contributed by atoms with Crippen LogP contribution in [0.3, 0.4) is 0 Å². The van der Waals surface area contributed by atoms with Crippen molar-refractivity contribution >= 4 is 10.0 Å². The van der Waals surface area contributed by atoms with Crippen LogP contribution in [0.5, 0.6) is 0 Å². The van der Waals surface area contributed by atoms with E-state index < -0.39 is 16.1 Å².